The van der Waals surface area contributed by atoms with E-state index in [-0.39, 0.29) is 11.9 Å². The van der Waals surface area contributed by atoms with Crippen LogP contribution in [-0.2, 0) is 0 Å². The van der Waals surface area contributed by atoms with Gasteiger partial charge in [0.1, 0.15) is 5.75 Å². The number of rotatable bonds is 2. The second kappa shape index (κ2) is 5.18. The molecule has 0 saturated heterocycles. The monoisotopic (exact) mass is 293 g/mol. The van der Waals surface area contributed by atoms with Crippen LogP contribution in [0.2, 0.25) is 0 Å². The first kappa shape index (κ1) is 12.9. The quantitative estimate of drug-likeness (QED) is 0.763. The number of hydrogen-bond acceptors (Lipinski definition) is 3. The topological polar surface area (TPSA) is 67.0 Å². The highest BCUT2D eigenvalue weighted by Gasteiger charge is 2.24. The number of aromatic nitrogens is 2. The second-order valence-electron chi connectivity index (χ2n) is 5.32. The van der Waals surface area contributed by atoms with Crippen LogP contribution >= 0.6 is 0 Å². The van der Waals surface area contributed by atoms with Crippen LogP contribution < -0.4 is 10.1 Å². The lowest BCUT2D eigenvalue weighted by molar-refractivity contribution is 0.0921. The van der Waals surface area contributed by atoms with E-state index in [0.29, 0.717) is 12.3 Å². The van der Waals surface area contributed by atoms with Crippen LogP contribution in [0.3, 0.4) is 0 Å². The number of hydrogen-bond donors (Lipinski definition) is 2. The van der Waals surface area contributed by atoms with E-state index in [0.717, 1.165) is 28.6 Å². The first-order valence-corrected chi connectivity index (χ1v) is 7.28. The Labute approximate surface area is 127 Å². The van der Waals surface area contributed by atoms with Crippen molar-refractivity contribution in [2.45, 2.75) is 12.5 Å². The van der Waals surface area contributed by atoms with E-state index >= 15 is 0 Å². The highest BCUT2D eigenvalue weighted by Crippen LogP contribution is 2.31. The third-order valence-corrected chi connectivity index (χ3v) is 3.95. The molecule has 1 aliphatic heterocycles. The average molecular weight is 293 g/mol. The van der Waals surface area contributed by atoms with E-state index in [4.69, 9.17) is 4.74 Å². The Bertz CT molecular complexity index is 841. The molecule has 0 saturated carbocycles. The highest BCUT2D eigenvalue weighted by molar-refractivity contribution is 6.04. The third-order valence-electron chi connectivity index (χ3n) is 3.95. The number of nitrogens with zero attached hydrogens (tertiary/aromatic N) is 1. The molecule has 0 aliphatic carbocycles. The van der Waals surface area contributed by atoms with Gasteiger partial charge >= 0.3 is 0 Å². The van der Waals surface area contributed by atoms with Gasteiger partial charge in [0.2, 0.25) is 0 Å². The summed E-state index contributed by atoms with van der Waals surface area (Å²) in [6.45, 7) is 0.600. The summed E-state index contributed by atoms with van der Waals surface area (Å²) in [5.41, 5.74) is 2.31. The first-order chi connectivity index (χ1) is 10.8. The molecule has 3 aromatic rings. The first-order valence-electron chi connectivity index (χ1n) is 7.28. The molecule has 0 fully saturated rings. The average Bonchev–Trinajstić information content (AvgIpc) is 2.99. The number of aromatic amines is 1. The fourth-order valence-electron chi connectivity index (χ4n) is 2.86. The largest absolute Gasteiger partial charge is 0.493 e. The number of amides is 1. The lowest BCUT2D eigenvalue weighted by atomic mass is 10.0. The van der Waals surface area contributed by atoms with Gasteiger partial charge in [-0.15, -0.1) is 0 Å². The van der Waals surface area contributed by atoms with Crippen molar-refractivity contribution in [3.63, 3.8) is 0 Å². The van der Waals surface area contributed by atoms with Crippen molar-refractivity contribution < 1.29 is 9.53 Å². The van der Waals surface area contributed by atoms with E-state index < -0.39 is 0 Å². The molecule has 4 rings (SSSR count). The number of H-pyrrole nitrogens is 1. The van der Waals surface area contributed by atoms with Crippen molar-refractivity contribution in [2.75, 3.05) is 6.61 Å². The Kier molecular flexibility index (Phi) is 3.04. The number of nitrogens with one attached hydrogen (secondary N) is 2. The van der Waals surface area contributed by atoms with Crippen molar-refractivity contribution >= 4 is 16.8 Å². The molecule has 0 bridgehead atoms. The van der Waals surface area contributed by atoms with Gasteiger partial charge in [-0.25, -0.2) is 0 Å². The Balaban J connectivity index is 1.63. The summed E-state index contributed by atoms with van der Waals surface area (Å²) in [6.07, 6.45) is 0.755. The Morgan fingerprint density at radius 1 is 1.18 bits per heavy atom. The fourth-order valence-corrected chi connectivity index (χ4v) is 2.86. The number of carbonyl (C=O) groups is 1. The van der Waals surface area contributed by atoms with Crippen LogP contribution in [-0.4, -0.2) is 22.7 Å². The van der Waals surface area contributed by atoms with Gasteiger partial charge in [0.25, 0.3) is 5.91 Å². The zero-order valence-corrected chi connectivity index (χ0v) is 11.9. The SMILES string of the molecule is O=C(NC1CCOc2ccccc21)c1n[nH]c2ccccc12. The Hall–Kier alpha value is -2.82. The molecule has 0 radical (unpaired) electrons. The molecule has 2 heterocycles. The minimum absolute atomic E-state index is 0.0482. The molecule has 2 N–H and O–H groups in total. The highest BCUT2D eigenvalue weighted by atomic mass is 16.5. The standard InChI is InChI=1S/C17H15N3O2/c21-17(16-12-6-1-3-7-14(12)19-20-16)18-13-9-10-22-15-8-4-2-5-11(13)15/h1-8,13H,9-10H2,(H,18,21)(H,19,20). The maximum absolute atomic E-state index is 12.6. The number of carbonyl (C=O) groups excluding carboxylic acids is 1. The van der Waals surface area contributed by atoms with Gasteiger partial charge in [0.05, 0.1) is 18.2 Å². The van der Waals surface area contributed by atoms with Crippen molar-refractivity contribution in [1.82, 2.24) is 15.5 Å². The molecule has 5 heteroatoms. The summed E-state index contributed by atoms with van der Waals surface area (Å²) < 4.78 is 5.62. The van der Waals surface area contributed by atoms with E-state index in [1.54, 1.807) is 0 Å². The molecule has 1 unspecified atom stereocenters. The number of benzene rings is 2. The Morgan fingerprint density at radius 2 is 2.00 bits per heavy atom. The Morgan fingerprint density at radius 3 is 2.95 bits per heavy atom. The molecule has 1 amide bonds. The predicted octanol–water partition coefficient (Wildman–Crippen LogP) is 2.82. The van der Waals surface area contributed by atoms with Gasteiger partial charge in [-0.1, -0.05) is 36.4 Å². The number of ether oxygens (including phenoxy) is 1. The molecule has 110 valence electrons. The van der Waals surface area contributed by atoms with Gasteiger partial charge < -0.3 is 10.1 Å². The molecule has 5 nitrogen and oxygen atoms in total. The molecular weight excluding hydrogens is 278 g/mol. The molecule has 1 aromatic heterocycles. The predicted molar refractivity (Wildman–Crippen MR) is 82.9 cm³/mol. The molecular formula is C17H15N3O2. The van der Waals surface area contributed by atoms with Gasteiger partial charge in [-0.2, -0.15) is 5.10 Å². The van der Waals surface area contributed by atoms with Gasteiger partial charge in [-0.05, 0) is 12.1 Å². The lowest BCUT2D eigenvalue weighted by Crippen LogP contribution is -2.32. The van der Waals surface area contributed by atoms with Gasteiger partial charge in [-0.3, -0.25) is 9.89 Å². The van der Waals surface area contributed by atoms with Crippen molar-refractivity contribution in [2.24, 2.45) is 0 Å². The third kappa shape index (κ3) is 2.11. The van der Waals surface area contributed by atoms with Crippen LogP contribution in [0.4, 0.5) is 0 Å². The molecule has 1 atom stereocenters. The smallest absolute Gasteiger partial charge is 0.272 e. The maximum atomic E-state index is 12.6. The van der Waals surface area contributed by atoms with E-state index in [9.17, 15) is 4.79 Å². The summed E-state index contributed by atoms with van der Waals surface area (Å²) >= 11 is 0. The van der Waals surface area contributed by atoms with Crippen LogP contribution in [0.5, 0.6) is 5.75 Å². The zero-order valence-electron chi connectivity index (χ0n) is 11.9. The van der Waals surface area contributed by atoms with E-state index in [1.807, 2.05) is 48.5 Å². The number of fused-ring (bicyclic) bond motifs is 2. The summed E-state index contributed by atoms with van der Waals surface area (Å²) in [5, 5.41) is 10.9. The van der Waals surface area contributed by atoms with Crippen molar-refractivity contribution in [3.8, 4) is 5.75 Å². The normalized spacial score (nSPS) is 16.8. The van der Waals surface area contributed by atoms with Crippen molar-refractivity contribution in [1.29, 1.82) is 0 Å². The van der Waals surface area contributed by atoms with Crippen LogP contribution in [0.1, 0.15) is 28.5 Å². The number of para-hydroxylation sites is 2. The summed E-state index contributed by atoms with van der Waals surface area (Å²) in [6, 6.07) is 15.4. The summed E-state index contributed by atoms with van der Waals surface area (Å²) in [7, 11) is 0. The van der Waals surface area contributed by atoms with E-state index in [2.05, 4.69) is 15.5 Å². The van der Waals surface area contributed by atoms with E-state index in [1.165, 1.54) is 0 Å². The van der Waals surface area contributed by atoms with Gasteiger partial charge in [0.15, 0.2) is 5.69 Å². The summed E-state index contributed by atoms with van der Waals surface area (Å²) in [4.78, 5) is 12.6. The van der Waals surface area contributed by atoms with Gasteiger partial charge in [0, 0.05) is 17.4 Å². The zero-order chi connectivity index (χ0) is 14.9. The molecule has 0 spiro atoms. The molecule has 2 aromatic carbocycles. The van der Waals surface area contributed by atoms with Crippen LogP contribution in [0, 0.1) is 0 Å². The van der Waals surface area contributed by atoms with Crippen molar-refractivity contribution in [3.05, 3.63) is 59.8 Å². The van der Waals surface area contributed by atoms with Crippen LogP contribution in [0.25, 0.3) is 10.9 Å². The molecule has 22 heavy (non-hydrogen) atoms. The summed E-state index contributed by atoms with van der Waals surface area (Å²) in [5.74, 6) is 0.671. The molecule has 1 aliphatic rings. The fraction of sp³-hybridized carbons (Fsp3) is 0.176. The minimum atomic E-state index is -0.167. The lowest BCUT2D eigenvalue weighted by Gasteiger charge is -2.26. The maximum Gasteiger partial charge on any atom is 0.272 e. The van der Waals surface area contributed by atoms with Crippen LogP contribution in [0.15, 0.2) is 48.5 Å². The second-order valence-corrected chi connectivity index (χ2v) is 5.32. The minimum Gasteiger partial charge on any atom is -0.493 e.